The Morgan fingerprint density at radius 1 is 1.15 bits per heavy atom. The Morgan fingerprint density at radius 2 is 1.96 bits per heavy atom. The zero-order chi connectivity index (χ0) is 18.6. The van der Waals surface area contributed by atoms with Gasteiger partial charge in [-0.1, -0.05) is 12.1 Å². The number of rotatable bonds is 5. The molecule has 2 amide bonds. The lowest BCUT2D eigenvalue weighted by Gasteiger charge is -2.31. The summed E-state index contributed by atoms with van der Waals surface area (Å²) in [5, 5.41) is 4.99. The number of ether oxygens (including phenoxy) is 2. The molecule has 0 atom stereocenters. The standard InChI is InChI=1S/C20H22N2O4S/c23-19(11-16-2-1-9-27-16)22-7-5-15(6-8-22)20(24)21-12-14-3-4-17-18(10-14)26-13-25-17/h1-4,9-10,15H,5-8,11-13H2,(H,21,24). The molecule has 0 bridgehead atoms. The minimum Gasteiger partial charge on any atom is -0.454 e. The number of piperidine rings is 1. The maximum Gasteiger partial charge on any atom is 0.231 e. The van der Waals surface area contributed by atoms with Crippen molar-refractivity contribution in [1.82, 2.24) is 10.2 Å². The van der Waals surface area contributed by atoms with E-state index in [1.807, 2.05) is 40.6 Å². The van der Waals surface area contributed by atoms with Gasteiger partial charge in [0.05, 0.1) is 6.42 Å². The fourth-order valence-corrected chi connectivity index (χ4v) is 4.15. The second-order valence-electron chi connectivity index (χ2n) is 6.82. The van der Waals surface area contributed by atoms with E-state index in [9.17, 15) is 9.59 Å². The maximum absolute atomic E-state index is 12.5. The van der Waals surface area contributed by atoms with Gasteiger partial charge in [-0.05, 0) is 42.0 Å². The summed E-state index contributed by atoms with van der Waals surface area (Å²) in [6, 6.07) is 9.64. The van der Waals surface area contributed by atoms with E-state index in [1.54, 1.807) is 11.3 Å². The van der Waals surface area contributed by atoms with Gasteiger partial charge in [0.1, 0.15) is 0 Å². The summed E-state index contributed by atoms with van der Waals surface area (Å²) in [5.41, 5.74) is 0.983. The van der Waals surface area contributed by atoms with Crippen LogP contribution in [0, 0.1) is 5.92 Å². The number of nitrogens with one attached hydrogen (secondary N) is 1. The number of hydrogen-bond acceptors (Lipinski definition) is 5. The highest BCUT2D eigenvalue weighted by atomic mass is 32.1. The van der Waals surface area contributed by atoms with Crippen LogP contribution in [0.15, 0.2) is 35.7 Å². The van der Waals surface area contributed by atoms with Gasteiger partial charge in [-0.15, -0.1) is 11.3 Å². The molecule has 0 aliphatic carbocycles. The zero-order valence-corrected chi connectivity index (χ0v) is 15.8. The molecule has 142 valence electrons. The quantitative estimate of drug-likeness (QED) is 0.858. The molecule has 4 rings (SSSR count). The van der Waals surface area contributed by atoms with Gasteiger partial charge in [0, 0.05) is 30.4 Å². The van der Waals surface area contributed by atoms with Gasteiger partial charge in [-0.25, -0.2) is 0 Å². The van der Waals surface area contributed by atoms with Gasteiger partial charge in [-0.2, -0.15) is 0 Å². The van der Waals surface area contributed by atoms with Crippen LogP contribution < -0.4 is 14.8 Å². The van der Waals surface area contributed by atoms with Crippen LogP contribution in [0.2, 0.25) is 0 Å². The van der Waals surface area contributed by atoms with Crippen molar-refractivity contribution in [2.75, 3.05) is 19.9 Å². The molecule has 2 aromatic rings. The van der Waals surface area contributed by atoms with Crippen LogP contribution in [0.1, 0.15) is 23.3 Å². The Balaban J connectivity index is 1.23. The van der Waals surface area contributed by atoms with Crippen LogP contribution >= 0.6 is 11.3 Å². The Hall–Kier alpha value is -2.54. The third-order valence-electron chi connectivity index (χ3n) is 5.03. The van der Waals surface area contributed by atoms with Crippen molar-refractivity contribution in [3.05, 3.63) is 46.2 Å². The first-order valence-corrected chi connectivity index (χ1v) is 10.0. The molecule has 27 heavy (non-hydrogen) atoms. The van der Waals surface area contributed by atoms with Gasteiger partial charge in [-0.3, -0.25) is 9.59 Å². The maximum atomic E-state index is 12.5. The molecular formula is C20H22N2O4S. The summed E-state index contributed by atoms with van der Waals surface area (Å²) in [5.74, 6) is 1.63. The minimum atomic E-state index is -0.0372. The molecule has 1 fully saturated rings. The molecule has 0 unspecified atom stereocenters. The van der Waals surface area contributed by atoms with Crippen molar-refractivity contribution in [3.63, 3.8) is 0 Å². The number of likely N-dealkylation sites (tertiary alicyclic amines) is 1. The molecule has 0 radical (unpaired) electrons. The Morgan fingerprint density at radius 3 is 2.74 bits per heavy atom. The number of benzene rings is 1. The number of amides is 2. The third kappa shape index (κ3) is 4.24. The second kappa shape index (κ2) is 8.00. The molecule has 1 N–H and O–H groups in total. The van der Waals surface area contributed by atoms with E-state index in [0.717, 1.165) is 21.9 Å². The normalized spacial score (nSPS) is 16.4. The Kier molecular flexibility index (Phi) is 5.29. The first-order valence-electron chi connectivity index (χ1n) is 9.15. The van der Waals surface area contributed by atoms with Crippen LogP contribution in [0.25, 0.3) is 0 Å². The Labute approximate surface area is 162 Å². The van der Waals surface area contributed by atoms with Gasteiger partial charge in [0.15, 0.2) is 11.5 Å². The van der Waals surface area contributed by atoms with Crippen LogP contribution in [0.5, 0.6) is 11.5 Å². The van der Waals surface area contributed by atoms with E-state index in [1.165, 1.54) is 0 Å². The topological polar surface area (TPSA) is 67.9 Å². The van der Waals surface area contributed by atoms with Gasteiger partial charge < -0.3 is 19.7 Å². The number of nitrogens with zero attached hydrogens (tertiary/aromatic N) is 1. The van der Waals surface area contributed by atoms with Gasteiger partial charge in [0.2, 0.25) is 18.6 Å². The van der Waals surface area contributed by atoms with Crippen molar-refractivity contribution in [2.45, 2.75) is 25.8 Å². The van der Waals surface area contributed by atoms with Gasteiger partial charge >= 0.3 is 0 Å². The average molecular weight is 386 g/mol. The minimum absolute atomic E-state index is 0.0372. The molecule has 1 saturated heterocycles. The average Bonchev–Trinajstić information content (AvgIpc) is 3.37. The monoisotopic (exact) mass is 386 g/mol. The highest BCUT2D eigenvalue weighted by molar-refractivity contribution is 7.10. The molecule has 2 aliphatic rings. The summed E-state index contributed by atoms with van der Waals surface area (Å²) in [6.45, 7) is 2.00. The molecular weight excluding hydrogens is 364 g/mol. The van der Waals surface area contributed by atoms with E-state index >= 15 is 0 Å². The van der Waals surface area contributed by atoms with Crippen molar-refractivity contribution < 1.29 is 19.1 Å². The van der Waals surface area contributed by atoms with Gasteiger partial charge in [0.25, 0.3) is 0 Å². The number of hydrogen-bond donors (Lipinski definition) is 1. The number of fused-ring (bicyclic) bond motifs is 1. The summed E-state index contributed by atoms with van der Waals surface area (Å²) in [6.07, 6.45) is 1.88. The molecule has 0 spiro atoms. The summed E-state index contributed by atoms with van der Waals surface area (Å²) in [7, 11) is 0. The smallest absolute Gasteiger partial charge is 0.231 e. The summed E-state index contributed by atoms with van der Waals surface area (Å²) in [4.78, 5) is 27.8. The van der Waals surface area contributed by atoms with E-state index in [0.29, 0.717) is 38.9 Å². The second-order valence-corrected chi connectivity index (χ2v) is 7.85. The zero-order valence-electron chi connectivity index (χ0n) is 15.0. The first kappa shape index (κ1) is 17.9. The number of carbonyl (C=O) groups excluding carboxylic acids is 2. The largest absolute Gasteiger partial charge is 0.454 e. The molecule has 7 heteroatoms. The van der Waals surface area contributed by atoms with E-state index in [2.05, 4.69) is 5.32 Å². The lowest BCUT2D eigenvalue weighted by molar-refractivity contribution is -0.135. The van der Waals surface area contributed by atoms with Crippen molar-refractivity contribution >= 4 is 23.2 Å². The van der Waals surface area contributed by atoms with E-state index < -0.39 is 0 Å². The van der Waals surface area contributed by atoms with Crippen molar-refractivity contribution in [1.29, 1.82) is 0 Å². The molecule has 6 nitrogen and oxygen atoms in total. The number of carbonyl (C=O) groups is 2. The van der Waals surface area contributed by atoms with Crippen molar-refractivity contribution in [2.24, 2.45) is 5.92 Å². The Bertz CT molecular complexity index is 813. The van der Waals surface area contributed by atoms with Crippen LogP contribution in [0.3, 0.4) is 0 Å². The van der Waals surface area contributed by atoms with Crippen molar-refractivity contribution in [3.8, 4) is 11.5 Å². The molecule has 3 heterocycles. The van der Waals surface area contributed by atoms with Crippen LogP contribution in [0.4, 0.5) is 0 Å². The molecule has 2 aliphatic heterocycles. The summed E-state index contributed by atoms with van der Waals surface area (Å²) < 4.78 is 10.7. The summed E-state index contributed by atoms with van der Waals surface area (Å²) >= 11 is 1.60. The lowest BCUT2D eigenvalue weighted by atomic mass is 9.95. The first-order chi connectivity index (χ1) is 13.2. The lowest BCUT2D eigenvalue weighted by Crippen LogP contribution is -2.43. The fourth-order valence-electron chi connectivity index (χ4n) is 3.45. The van der Waals surface area contributed by atoms with E-state index in [-0.39, 0.29) is 24.5 Å². The SMILES string of the molecule is O=C(NCc1ccc2c(c1)OCO2)C1CCN(C(=O)Cc2cccs2)CC1. The predicted molar refractivity (Wildman–Crippen MR) is 102 cm³/mol. The van der Waals surface area contributed by atoms with Crippen LogP contribution in [-0.4, -0.2) is 36.6 Å². The molecule has 1 aromatic heterocycles. The van der Waals surface area contributed by atoms with E-state index in [4.69, 9.17) is 9.47 Å². The highest BCUT2D eigenvalue weighted by Crippen LogP contribution is 2.32. The third-order valence-corrected chi connectivity index (χ3v) is 5.90. The fraction of sp³-hybridized carbons (Fsp3) is 0.400. The molecule has 1 aromatic carbocycles. The number of thiophene rings is 1. The molecule has 0 saturated carbocycles. The predicted octanol–water partition coefficient (Wildman–Crippen LogP) is 2.57. The van der Waals surface area contributed by atoms with Crippen LogP contribution in [-0.2, 0) is 22.6 Å². The highest BCUT2D eigenvalue weighted by Gasteiger charge is 2.27.